The molecule has 0 fully saturated rings. The molecule has 3 rings (SSSR count). The Kier molecular flexibility index (Phi) is 5.32. The first-order valence-electron chi connectivity index (χ1n) is 7.92. The molecule has 1 aromatic heterocycles. The molecule has 130 valence electrons. The van der Waals surface area contributed by atoms with Crippen molar-refractivity contribution in [3.8, 4) is 34.2 Å². The lowest BCUT2D eigenvalue weighted by molar-refractivity contribution is 0.340. The number of nitrogens with two attached hydrogens (primary N) is 1. The van der Waals surface area contributed by atoms with E-state index in [4.69, 9.17) is 33.7 Å². The number of rotatable bonds is 4. The first kappa shape index (κ1) is 18.1. The highest BCUT2D eigenvalue weighted by Crippen LogP contribution is 2.35. The van der Waals surface area contributed by atoms with Gasteiger partial charge in [0.1, 0.15) is 23.2 Å². The Bertz CT molecular complexity index is 995. The van der Waals surface area contributed by atoms with E-state index in [9.17, 15) is 5.26 Å². The van der Waals surface area contributed by atoms with Crippen molar-refractivity contribution in [2.75, 3.05) is 12.3 Å². The van der Waals surface area contributed by atoms with Crippen molar-refractivity contribution in [2.24, 2.45) is 0 Å². The summed E-state index contributed by atoms with van der Waals surface area (Å²) in [6, 6.07) is 16.5. The molecule has 3 aromatic rings. The number of nitriles is 1. The zero-order valence-corrected chi connectivity index (χ0v) is 15.5. The number of anilines is 1. The summed E-state index contributed by atoms with van der Waals surface area (Å²) in [5.74, 6) is 0.903. The lowest BCUT2D eigenvalue weighted by atomic mass is 9.98. The van der Waals surface area contributed by atoms with E-state index >= 15 is 0 Å². The molecule has 0 saturated carbocycles. The van der Waals surface area contributed by atoms with Crippen LogP contribution in [0.1, 0.15) is 12.5 Å². The lowest BCUT2D eigenvalue weighted by Crippen LogP contribution is -2.00. The molecule has 0 saturated heterocycles. The number of halogens is 2. The number of nitrogen functional groups attached to an aromatic ring is 1. The second kappa shape index (κ2) is 7.65. The van der Waals surface area contributed by atoms with Gasteiger partial charge in [0, 0.05) is 16.1 Å². The van der Waals surface area contributed by atoms with Crippen LogP contribution in [0.3, 0.4) is 0 Å². The molecule has 26 heavy (non-hydrogen) atoms. The van der Waals surface area contributed by atoms with Crippen molar-refractivity contribution in [3.63, 3.8) is 0 Å². The van der Waals surface area contributed by atoms with Gasteiger partial charge in [0.25, 0.3) is 0 Å². The summed E-state index contributed by atoms with van der Waals surface area (Å²) in [6.07, 6.45) is 0. The average Bonchev–Trinajstić information content (AvgIpc) is 2.64. The summed E-state index contributed by atoms with van der Waals surface area (Å²) < 4.78 is 5.46. The molecule has 0 bridgehead atoms. The summed E-state index contributed by atoms with van der Waals surface area (Å²) in [7, 11) is 0. The van der Waals surface area contributed by atoms with Gasteiger partial charge in [-0.1, -0.05) is 35.3 Å². The third-order valence-corrected chi connectivity index (χ3v) is 4.40. The third kappa shape index (κ3) is 3.60. The van der Waals surface area contributed by atoms with Gasteiger partial charge in [-0.2, -0.15) is 5.26 Å². The number of hydrogen-bond donors (Lipinski definition) is 1. The molecule has 0 unspecified atom stereocenters. The highest BCUT2D eigenvalue weighted by atomic mass is 35.5. The Morgan fingerprint density at radius 1 is 1.08 bits per heavy atom. The van der Waals surface area contributed by atoms with Gasteiger partial charge in [-0.15, -0.1) is 0 Å². The van der Waals surface area contributed by atoms with E-state index in [-0.39, 0.29) is 5.82 Å². The minimum Gasteiger partial charge on any atom is -0.494 e. The Balaban J connectivity index is 2.17. The molecular weight excluding hydrogens is 369 g/mol. The van der Waals surface area contributed by atoms with Crippen LogP contribution in [-0.2, 0) is 0 Å². The van der Waals surface area contributed by atoms with Crippen LogP contribution in [0.15, 0.2) is 48.5 Å². The van der Waals surface area contributed by atoms with Crippen LogP contribution in [0.4, 0.5) is 5.82 Å². The molecule has 0 spiro atoms. The van der Waals surface area contributed by atoms with Crippen molar-refractivity contribution >= 4 is 29.0 Å². The van der Waals surface area contributed by atoms with E-state index < -0.39 is 0 Å². The Morgan fingerprint density at radius 2 is 1.81 bits per heavy atom. The summed E-state index contributed by atoms with van der Waals surface area (Å²) >= 11 is 12.4. The average molecular weight is 384 g/mol. The number of hydrogen-bond acceptors (Lipinski definition) is 4. The van der Waals surface area contributed by atoms with Crippen LogP contribution < -0.4 is 10.5 Å². The van der Waals surface area contributed by atoms with Crippen molar-refractivity contribution in [1.82, 2.24) is 4.98 Å². The van der Waals surface area contributed by atoms with Gasteiger partial charge in [0.15, 0.2) is 0 Å². The van der Waals surface area contributed by atoms with Crippen LogP contribution in [-0.4, -0.2) is 11.6 Å². The number of pyridine rings is 1. The summed E-state index contributed by atoms with van der Waals surface area (Å²) in [5.41, 5.74) is 9.07. The molecule has 2 aromatic carbocycles. The second-order valence-corrected chi connectivity index (χ2v) is 6.35. The third-order valence-electron chi connectivity index (χ3n) is 3.84. The molecule has 0 aliphatic heterocycles. The summed E-state index contributed by atoms with van der Waals surface area (Å²) in [5, 5.41) is 10.6. The highest BCUT2D eigenvalue weighted by molar-refractivity contribution is 6.35. The zero-order chi connectivity index (χ0) is 18.7. The number of benzene rings is 2. The van der Waals surface area contributed by atoms with Crippen LogP contribution in [0.5, 0.6) is 5.75 Å². The van der Waals surface area contributed by atoms with Gasteiger partial charge in [-0.05, 0) is 48.9 Å². The van der Waals surface area contributed by atoms with Crippen molar-refractivity contribution in [3.05, 3.63) is 64.1 Å². The van der Waals surface area contributed by atoms with E-state index in [1.54, 1.807) is 24.3 Å². The van der Waals surface area contributed by atoms with Gasteiger partial charge in [0.2, 0.25) is 0 Å². The van der Waals surface area contributed by atoms with Crippen molar-refractivity contribution < 1.29 is 4.74 Å². The Morgan fingerprint density at radius 3 is 2.46 bits per heavy atom. The standard InChI is InChI=1S/C20H15Cl2N3O/c1-2-26-14-6-3-12(4-7-14)15-10-19(25-20(24)17(15)11-23)16-9-13(21)5-8-18(16)22/h3-10H,2H2,1H3,(H2,24,25). The van der Waals surface area contributed by atoms with Crippen LogP contribution in [0.25, 0.3) is 22.4 Å². The molecule has 0 aliphatic carbocycles. The van der Waals surface area contributed by atoms with Gasteiger partial charge < -0.3 is 10.5 Å². The quantitative estimate of drug-likeness (QED) is 0.638. The van der Waals surface area contributed by atoms with Gasteiger partial charge in [-0.3, -0.25) is 0 Å². The topological polar surface area (TPSA) is 71.9 Å². The van der Waals surface area contributed by atoms with E-state index in [0.717, 1.165) is 11.3 Å². The lowest BCUT2D eigenvalue weighted by Gasteiger charge is -2.12. The largest absolute Gasteiger partial charge is 0.494 e. The predicted octanol–water partition coefficient (Wildman–Crippen LogP) is 5.57. The van der Waals surface area contributed by atoms with E-state index in [2.05, 4.69) is 11.1 Å². The maximum atomic E-state index is 9.52. The molecule has 0 atom stereocenters. The first-order chi connectivity index (χ1) is 12.5. The Hall–Kier alpha value is -2.74. The smallest absolute Gasteiger partial charge is 0.142 e. The molecule has 4 nitrogen and oxygen atoms in total. The van der Waals surface area contributed by atoms with Crippen molar-refractivity contribution in [2.45, 2.75) is 6.92 Å². The number of nitrogens with zero attached hydrogens (tertiary/aromatic N) is 2. The van der Waals surface area contributed by atoms with Crippen LogP contribution >= 0.6 is 23.2 Å². The van der Waals surface area contributed by atoms with E-state index in [1.165, 1.54) is 0 Å². The summed E-state index contributed by atoms with van der Waals surface area (Å²) in [6.45, 7) is 2.51. The fourth-order valence-electron chi connectivity index (χ4n) is 2.64. The first-order valence-corrected chi connectivity index (χ1v) is 8.68. The van der Waals surface area contributed by atoms with Gasteiger partial charge in [-0.25, -0.2) is 4.98 Å². The van der Waals surface area contributed by atoms with E-state index in [1.807, 2.05) is 31.2 Å². The maximum Gasteiger partial charge on any atom is 0.142 e. The fraction of sp³-hybridized carbons (Fsp3) is 0.100. The van der Waals surface area contributed by atoms with Gasteiger partial charge in [0.05, 0.1) is 17.3 Å². The normalized spacial score (nSPS) is 10.4. The molecule has 0 amide bonds. The van der Waals surface area contributed by atoms with Gasteiger partial charge >= 0.3 is 0 Å². The van der Waals surface area contributed by atoms with Crippen LogP contribution in [0, 0.1) is 11.3 Å². The molecule has 0 aliphatic rings. The van der Waals surface area contributed by atoms with E-state index in [0.29, 0.717) is 39.0 Å². The molecular formula is C20H15Cl2N3O. The fourth-order valence-corrected chi connectivity index (χ4v) is 3.03. The molecule has 1 heterocycles. The second-order valence-electron chi connectivity index (χ2n) is 5.51. The molecule has 2 N–H and O–H groups in total. The monoisotopic (exact) mass is 383 g/mol. The zero-order valence-electron chi connectivity index (χ0n) is 14.0. The molecule has 6 heteroatoms. The van der Waals surface area contributed by atoms with Crippen molar-refractivity contribution in [1.29, 1.82) is 5.26 Å². The summed E-state index contributed by atoms with van der Waals surface area (Å²) in [4.78, 5) is 4.34. The minimum absolute atomic E-state index is 0.143. The molecule has 0 radical (unpaired) electrons. The highest BCUT2D eigenvalue weighted by Gasteiger charge is 2.15. The predicted molar refractivity (Wildman–Crippen MR) is 105 cm³/mol. The number of ether oxygens (including phenoxy) is 1. The maximum absolute atomic E-state index is 9.52. The number of aromatic nitrogens is 1. The Labute approximate surface area is 161 Å². The SMILES string of the molecule is CCOc1ccc(-c2cc(-c3cc(Cl)ccc3Cl)nc(N)c2C#N)cc1. The minimum atomic E-state index is 0.143. The van der Waals surface area contributed by atoms with Crippen LogP contribution in [0.2, 0.25) is 10.0 Å².